The molecule has 0 saturated heterocycles. The van der Waals surface area contributed by atoms with Gasteiger partial charge in [-0.1, -0.05) is 52.3 Å². The quantitative estimate of drug-likeness (QED) is 0.647. The Morgan fingerprint density at radius 1 is 1.28 bits per heavy atom. The molecule has 1 heteroatoms. The predicted octanol–water partition coefficient (Wildman–Crippen LogP) is 5.39. The first-order chi connectivity index (χ1) is 8.71. The monoisotopic (exact) mass is 245 g/mol. The zero-order valence-corrected chi connectivity index (χ0v) is 12.1. The van der Waals surface area contributed by atoms with Gasteiger partial charge in [-0.05, 0) is 42.9 Å². The van der Waals surface area contributed by atoms with Crippen LogP contribution in [0.5, 0.6) is 0 Å². The summed E-state index contributed by atoms with van der Waals surface area (Å²) >= 11 is 0. The van der Waals surface area contributed by atoms with Gasteiger partial charge in [0.15, 0.2) is 0 Å². The van der Waals surface area contributed by atoms with Gasteiger partial charge >= 0.3 is 0 Å². The Balaban J connectivity index is 2.61. The highest BCUT2D eigenvalue weighted by molar-refractivity contribution is 5.50. The van der Waals surface area contributed by atoms with Crippen molar-refractivity contribution in [2.45, 2.75) is 52.9 Å². The van der Waals surface area contributed by atoms with Gasteiger partial charge in [0.2, 0.25) is 0 Å². The van der Waals surface area contributed by atoms with Crippen molar-refractivity contribution in [3.05, 3.63) is 42.1 Å². The third kappa shape index (κ3) is 4.56. The third-order valence-corrected chi connectivity index (χ3v) is 3.53. The van der Waals surface area contributed by atoms with Gasteiger partial charge in [0.05, 0.1) is 0 Å². The van der Waals surface area contributed by atoms with Crippen molar-refractivity contribution in [2.75, 3.05) is 5.32 Å². The Bertz CT molecular complexity index is 368. The van der Waals surface area contributed by atoms with E-state index in [2.05, 4.69) is 56.9 Å². The second-order valence-corrected chi connectivity index (χ2v) is 4.95. The minimum Gasteiger partial charge on any atom is -0.359 e. The smallest absolute Gasteiger partial charge is 0.0384 e. The SMILES string of the molecule is C=C(Nc1cccc(CC)c1)C(CC)CCCC. The molecule has 0 amide bonds. The van der Waals surface area contributed by atoms with Crippen molar-refractivity contribution < 1.29 is 0 Å². The molecule has 1 nitrogen and oxygen atoms in total. The molecule has 1 rings (SSSR count). The average Bonchev–Trinajstić information content (AvgIpc) is 2.40. The zero-order chi connectivity index (χ0) is 13.4. The maximum absolute atomic E-state index is 4.22. The molecular weight excluding hydrogens is 218 g/mol. The van der Waals surface area contributed by atoms with Gasteiger partial charge < -0.3 is 5.32 Å². The van der Waals surface area contributed by atoms with Crippen LogP contribution in [0.15, 0.2) is 36.5 Å². The molecule has 0 spiro atoms. The van der Waals surface area contributed by atoms with E-state index in [4.69, 9.17) is 0 Å². The number of benzene rings is 1. The summed E-state index contributed by atoms with van der Waals surface area (Å²) in [5, 5.41) is 3.48. The molecule has 0 aromatic heterocycles. The van der Waals surface area contributed by atoms with Crippen LogP contribution in [0, 0.1) is 5.92 Å². The van der Waals surface area contributed by atoms with E-state index in [1.165, 1.54) is 42.6 Å². The van der Waals surface area contributed by atoms with Crippen LogP contribution in [0.2, 0.25) is 0 Å². The second kappa shape index (κ2) is 7.97. The lowest BCUT2D eigenvalue weighted by Crippen LogP contribution is -2.10. The van der Waals surface area contributed by atoms with E-state index in [-0.39, 0.29) is 0 Å². The molecule has 0 aliphatic carbocycles. The maximum Gasteiger partial charge on any atom is 0.0384 e. The Labute approximate surface area is 112 Å². The van der Waals surface area contributed by atoms with E-state index >= 15 is 0 Å². The van der Waals surface area contributed by atoms with Crippen LogP contribution in [-0.4, -0.2) is 0 Å². The number of aryl methyl sites for hydroxylation is 1. The summed E-state index contributed by atoms with van der Waals surface area (Å²) in [5.74, 6) is 0.593. The van der Waals surface area contributed by atoms with Crippen molar-refractivity contribution >= 4 is 5.69 Å². The largest absolute Gasteiger partial charge is 0.359 e. The van der Waals surface area contributed by atoms with Crippen LogP contribution >= 0.6 is 0 Å². The molecule has 0 saturated carbocycles. The Morgan fingerprint density at radius 3 is 2.67 bits per heavy atom. The minimum atomic E-state index is 0.593. The molecule has 18 heavy (non-hydrogen) atoms. The fourth-order valence-electron chi connectivity index (χ4n) is 2.23. The third-order valence-electron chi connectivity index (χ3n) is 3.53. The van der Waals surface area contributed by atoms with Crippen LogP contribution in [0.1, 0.15) is 52.0 Å². The van der Waals surface area contributed by atoms with Gasteiger partial charge in [-0.15, -0.1) is 0 Å². The minimum absolute atomic E-state index is 0.593. The molecule has 1 aromatic rings. The molecule has 1 unspecified atom stereocenters. The second-order valence-electron chi connectivity index (χ2n) is 4.95. The molecule has 1 N–H and O–H groups in total. The lowest BCUT2D eigenvalue weighted by molar-refractivity contribution is 0.518. The summed E-state index contributed by atoms with van der Waals surface area (Å²) in [4.78, 5) is 0. The van der Waals surface area contributed by atoms with E-state index in [1.54, 1.807) is 0 Å². The first-order valence-corrected chi connectivity index (χ1v) is 7.25. The van der Waals surface area contributed by atoms with Gasteiger partial charge in [0.25, 0.3) is 0 Å². The van der Waals surface area contributed by atoms with Crippen molar-refractivity contribution in [3.8, 4) is 0 Å². The number of rotatable bonds is 8. The Hall–Kier alpha value is -1.24. The lowest BCUT2D eigenvalue weighted by atomic mass is 9.96. The van der Waals surface area contributed by atoms with E-state index in [1.807, 2.05) is 0 Å². The van der Waals surface area contributed by atoms with Gasteiger partial charge in [0, 0.05) is 11.4 Å². The Kier molecular flexibility index (Phi) is 6.56. The van der Waals surface area contributed by atoms with Gasteiger partial charge in [0.1, 0.15) is 0 Å². The number of anilines is 1. The highest BCUT2D eigenvalue weighted by atomic mass is 14.9. The van der Waals surface area contributed by atoms with Crippen molar-refractivity contribution in [1.29, 1.82) is 0 Å². The highest BCUT2D eigenvalue weighted by Crippen LogP contribution is 2.23. The average molecular weight is 245 g/mol. The molecule has 0 fully saturated rings. The fraction of sp³-hybridized carbons (Fsp3) is 0.529. The fourth-order valence-corrected chi connectivity index (χ4v) is 2.23. The summed E-state index contributed by atoms with van der Waals surface area (Å²) in [6.45, 7) is 10.9. The summed E-state index contributed by atoms with van der Waals surface area (Å²) in [6.07, 6.45) is 6.03. The van der Waals surface area contributed by atoms with Crippen LogP contribution in [-0.2, 0) is 6.42 Å². The van der Waals surface area contributed by atoms with Gasteiger partial charge in [-0.25, -0.2) is 0 Å². The standard InChI is InChI=1S/C17H27N/c1-5-8-11-16(7-3)14(4)18-17-12-9-10-15(6-2)13-17/h9-10,12-13,16,18H,4-8,11H2,1-3H3. The lowest BCUT2D eigenvalue weighted by Gasteiger charge is -2.19. The topological polar surface area (TPSA) is 12.0 Å². The summed E-state index contributed by atoms with van der Waals surface area (Å²) in [5.41, 5.74) is 3.71. The molecule has 0 aliphatic heterocycles. The molecule has 1 atom stereocenters. The van der Waals surface area contributed by atoms with Crippen LogP contribution in [0.25, 0.3) is 0 Å². The Morgan fingerprint density at radius 2 is 2.06 bits per heavy atom. The van der Waals surface area contributed by atoms with E-state index in [0.717, 1.165) is 6.42 Å². The summed E-state index contributed by atoms with van der Waals surface area (Å²) in [6, 6.07) is 8.62. The molecule has 0 heterocycles. The molecule has 100 valence electrons. The van der Waals surface area contributed by atoms with Gasteiger partial charge in [-0.2, -0.15) is 0 Å². The molecule has 0 radical (unpaired) electrons. The van der Waals surface area contributed by atoms with E-state index < -0.39 is 0 Å². The van der Waals surface area contributed by atoms with E-state index in [0.29, 0.717) is 5.92 Å². The van der Waals surface area contributed by atoms with Crippen LogP contribution in [0.4, 0.5) is 5.69 Å². The summed E-state index contributed by atoms with van der Waals surface area (Å²) in [7, 11) is 0. The predicted molar refractivity (Wildman–Crippen MR) is 81.9 cm³/mol. The van der Waals surface area contributed by atoms with Gasteiger partial charge in [-0.3, -0.25) is 0 Å². The number of hydrogen-bond acceptors (Lipinski definition) is 1. The van der Waals surface area contributed by atoms with Crippen molar-refractivity contribution in [3.63, 3.8) is 0 Å². The normalized spacial score (nSPS) is 12.2. The molecular formula is C17H27N. The summed E-state index contributed by atoms with van der Waals surface area (Å²) < 4.78 is 0. The highest BCUT2D eigenvalue weighted by Gasteiger charge is 2.10. The number of unbranched alkanes of at least 4 members (excludes halogenated alkanes) is 1. The van der Waals surface area contributed by atoms with Crippen LogP contribution in [0.3, 0.4) is 0 Å². The molecule has 1 aromatic carbocycles. The maximum atomic E-state index is 4.22. The number of allylic oxidation sites excluding steroid dienone is 1. The van der Waals surface area contributed by atoms with Crippen molar-refractivity contribution in [1.82, 2.24) is 0 Å². The first-order valence-electron chi connectivity index (χ1n) is 7.25. The molecule has 0 aliphatic rings. The first kappa shape index (κ1) is 14.8. The van der Waals surface area contributed by atoms with Crippen LogP contribution < -0.4 is 5.32 Å². The van der Waals surface area contributed by atoms with E-state index in [9.17, 15) is 0 Å². The number of hydrogen-bond donors (Lipinski definition) is 1. The zero-order valence-electron chi connectivity index (χ0n) is 12.1. The number of nitrogens with one attached hydrogen (secondary N) is 1. The molecule has 0 bridgehead atoms. The van der Waals surface area contributed by atoms with Crippen molar-refractivity contribution in [2.24, 2.45) is 5.92 Å².